The summed E-state index contributed by atoms with van der Waals surface area (Å²) >= 11 is 0. The van der Waals surface area contributed by atoms with Crippen LogP contribution in [0, 0.1) is 6.92 Å². The molecule has 1 aliphatic rings. The lowest BCUT2D eigenvalue weighted by atomic mass is 10.1. The molecule has 1 saturated heterocycles. The van der Waals surface area contributed by atoms with E-state index in [-0.39, 0.29) is 12.5 Å². The van der Waals surface area contributed by atoms with Gasteiger partial charge in [-0.15, -0.1) is 0 Å². The number of amides is 1. The van der Waals surface area contributed by atoms with Crippen LogP contribution in [0.3, 0.4) is 0 Å². The third-order valence-corrected chi connectivity index (χ3v) is 5.03. The zero-order chi connectivity index (χ0) is 20.8. The summed E-state index contributed by atoms with van der Waals surface area (Å²) in [5, 5.41) is 0. The molecule has 7 heteroatoms. The topological polar surface area (TPSA) is 68.3 Å². The van der Waals surface area contributed by atoms with E-state index in [2.05, 4.69) is 4.90 Å². The number of anilines is 1. The Balaban J connectivity index is 1.52. The number of methoxy groups -OCH3 is 2. The van der Waals surface area contributed by atoms with E-state index < -0.39 is 5.97 Å². The van der Waals surface area contributed by atoms with Gasteiger partial charge in [-0.3, -0.25) is 4.79 Å². The number of para-hydroxylation sites is 2. The van der Waals surface area contributed by atoms with Crippen molar-refractivity contribution in [2.24, 2.45) is 0 Å². The molecule has 0 unspecified atom stereocenters. The van der Waals surface area contributed by atoms with Crippen LogP contribution in [0.15, 0.2) is 42.5 Å². The van der Waals surface area contributed by atoms with E-state index in [9.17, 15) is 9.59 Å². The highest BCUT2D eigenvalue weighted by Crippen LogP contribution is 2.28. The van der Waals surface area contributed by atoms with Gasteiger partial charge in [0.15, 0.2) is 6.61 Å². The van der Waals surface area contributed by atoms with Crippen molar-refractivity contribution < 1.29 is 23.8 Å². The summed E-state index contributed by atoms with van der Waals surface area (Å²) in [5.41, 5.74) is 2.30. The second-order valence-corrected chi connectivity index (χ2v) is 6.80. The number of nitrogens with zero attached hydrogens (tertiary/aromatic N) is 2. The molecule has 1 amide bonds. The van der Waals surface area contributed by atoms with Crippen LogP contribution < -0.4 is 14.4 Å². The molecule has 154 valence electrons. The van der Waals surface area contributed by atoms with Crippen molar-refractivity contribution in [3.63, 3.8) is 0 Å². The van der Waals surface area contributed by atoms with Crippen molar-refractivity contribution in [2.75, 3.05) is 51.9 Å². The molecule has 29 heavy (non-hydrogen) atoms. The Hall–Kier alpha value is -3.22. The van der Waals surface area contributed by atoms with Crippen molar-refractivity contribution >= 4 is 17.6 Å². The van der Waals surface area contributed by atoms with Crippen molar-refractivity contribution in [3.8, 4) is 11.5 Å². The minimum absolute atomic E-state index is 0.197. The maximum atomic E-state index is 12.5. The molecule has 1 aliphatic heterocycles. The number of carbonyl (C=O) groups is 2. The minimum atomic E-state index is -0.538. The van der Waals surface area contributed by atoms with E-state index in [1.165, 1.54) is 0 Å². The van der Waals surface area contributed by atoms with Gasteiger partial charge in [0, 0.05) is 26.2 Å². The maximum Gasteiger partial charge on any atom is 0.338 e. The Morgan fingerprint density at radius 2 is 1.62 bits per heavy atom. The monoisotopic (exact) mass is 398 g/mol. The first-order valence-electron chi connectivity index (χ1n) is 9.51. The number of hydrogen-bond acceptors (Lipinski definition) is 6. The Morgan fingerprint density at radius 3 is 2.31 bits per heavy atom. The molecule has 0 saturated carbocycles. The second-order valence-electron chi connectivity index (χ2n) is 6.80. The van der Waals surface area contributed by atoms with Crippen molar-refractivity contribution in [1.29, 1.82) is 0 Å². The van der Waals surface area contributed by atoms with Crippen LogP contribution in [-0.4, -0.2) is 63.8 Å². The summed E-state index contributed by atoms with van der Waals surface area (Å²) in [4.78, 5) is 28.6. The number of ether oxygens (including phenoxy) is 3. The molecule has 1 fully saturated rings. The van der Waals surface area contributed by atoms with Gasteiger partial charge in [-0.25, -0.2) is 4.79 Å². The minimum Gasteiger partial charge on any atom is -0.496 e. The van der Waals surface area contributed by atoms with Gasteiger partial charge in [0.05, 0.1) is 25.5 Å². The molecule has 2 aromatic carbocycles. The molecule has 1 heterocycles. The highest BCUT2D eigenvalue weighted by atomic mass is 16.5. The standard InChI is InChI=1S/C22H26N2O5/c1-16-8-9-17(14-20(16)28-3)22(26)29-15-21(25)24-12-10-23(11-13-24)18-6-4-5-7-19(18)27-2/h4-9,14H,10-13,15H2,1-3H3. The predicted octanol–water partition coefficient (Wildman–Crippen LogP) is 2.52. The van der Waals surface area contributed by atoms with Gasteiger partial charge in [0.25, 0.3) is 5.91 Å². The van der Waals surface area contributed by atoms with Gasteiger partial charge >= 0.3 is 5.97 Å². The van der Waals surface area contributed by atoms with E-state index >= 15 is 0 Å². The summed E-state index contributed by atoms with van der Waals surface area (Å²) in [5.74, 6) is 0.689. The van der Waals surface area contributed by atoms with Crippen LogP contribution in [0.4, 0.5) is 5.69 Å². The van der Waals surface area contributed by atoms with Crippen molar-refractivity contribution in [3.05, 3.63) is 53.6 Å². The van der Waals surface area contributed by atoms with Gasteiger partial charge in [0.1, 0.15) is 11.5 Å². The number of piperazine rings is 1. The van der Waals surface area contributed by atoms with Gasteiger partial charge in [0.2, 0.25) is 0 Å². The van der Waals surface area contributed by atoms with Crippen LogP contribution in [0.25, 0.3) is 0 Å². The lowest BCUT2D eigenvalue weighted by Gasteiger charge is -2.36. The summed E-state index contributed by atoms with van der Waals surface area (Å²) in [6.07, 6.45) is 0. The number of rotatable bonds is 6. The first kappa shape index (κ1) is 20.5. The van der Waals surface area contributed by atoms with Crippen LogP contribution in [0.1, 0.15) is 15.9 Å². The normalized spacial score (nSPS) is 13.8. The molecular formula is C22H26N2O5. The first-order chi connectivity index (χ1) is 14.0. The Bertz CT molecular complexity index is 875. The van der Waals surface area contributed by atoms with E-state index in [4.69, 9.17) is 14.2 Å². The lowest BCUT2D eigenvalue weighted by Crippen LogP contribution is -2.50. The van der Waals surface area contributed by atoms with Crippen LogP contribution in [-0.2, 0) is 9.53 Å². The number of carbonyl (C=O) groups excluding carboxylic acids is 2. The van der Waals surface area contributed by atoms with Crippen LogP contribution >= 0.6 is 0 Å². The molecule has 0 atom stereocenters. The zero-order valence-corrected chi connectivity index (χ0v) is 17.0. The highest BCUT2D eigenvalue weighted by Gasteiger charge is 2.24. The molecule has 0 aromatic heterocycles. The highest BCUT2D eigenvalue weighted by molar-refractivity contribution is 5.92. The molecule has 0 aliphatic carbocycles. The smallest absolute Gasteiger partial charge is 0.338 e. The van der Waals surface area contributed by atoms with Crippen molar-refractivity contribution in [1.82, 2.24) is 4.90 Å². The van der Waals surface area contributed by atoms with E-state index in [0.717, 1.165) is 17.0 Å². The summed E-state index contributed by atoms with van der Waals surface area (Å²) in [6, 6.07) is 12.9. The van der Waals surface area contributed by atoms with Crippen LogP contribution in [0.2, 0.25) is 0 Å². The predicted molar refractivity (Wildman–Crippen MR) is 110 cm³/mol. The van der Waals surface area contributed by atoms with Crippen LogP contribution in [0.5, 0.6) is 11.5 Å². The molecule has 0 N–H and O–H groups in total. The molecule has 0 spiro atoms. The van der Waals surface area contributed by atoms with Gasteiger partial charge in [-0.05, 0) is 36.8 Å². The molecule has 3 rings (SSSR count). The van der Waals surface area contributed by atoms with E-state index in [1.807, 2.05) is 31.2 Å². The van der Waals surface area contributed by atoms with Gasteiger partial charge in [-0.2, -0.15) is 0 Å². The molecule has 2 aromatic rings. The average molecular weight is 398 g/mol. The second kappa shape index (κ2) is 9.32. The number of esters is 1. The third kappa shape index (κ3) is 4.80. The number of aryl methyl sites for hydroxylation is 1. The number of hydrogen-bond donors (Lipinski definition) is 0. The summed E-state index contributed by atoms with van der Waals surface area (Å²) in [6.45, 7) is 4.12. The number of benzene rings is 2. The van der Waals surface area contributed by atoms with Gasteiger partial charge in [-0.1, -0.05) is 18.2 Å². The van der Waals surface area contributed by atoms with Crippen molar-refractivity contribution in [2.45, 2.75) is 6.92 Å². The Morgan fingerprint density at radius 1 is 0.931 bits per heavy atom. The Labute approximate surface area is 170 Å². The average Bonchev–Trinajstić information content (AvgIpc) is 2.77. The first-order valence-corrected chi connectivity index (χ1v) is 9.51. The SMILES string of the molecule is COc1cc(C(=O)OCC(=O)N2CCN(c3ccccc3OC)CC2)ccc1C. The Kier molecular flexibility index (Phi) is 6.59. The third-order valence-electron chi connectivity index (χ3n) is 5.03. The zero-order valence-electron chi connectivity index (χ0n) is 17.0. The fourth-order valence-corrected chi connectivity index (χ4v) is 3.34. The lowest BCUT2D eigenvalue weighted by molar-refractivity contribution is -0.134. The summed E-state index contributed by atoms with van der Waals surface area (Å²) < 4.78 is 15.8. The van der Waals surface area contributed by atoms with E-state index in [1.54, 1.807) is 37.3 Å². The molecule has 7 nitrogen and oxygen atoms in total. The molecular weight excluding hydrogens is 372 g/mol. The fourth-order valence-electron chi connectivity index (χ4n) is 3.34. The molecule has 0 bridgehead atoms. The van der Waals surface area contributed by atoms with Gasteiger partial charge < -0.3 is 24.0 Å². The molecule has 0 radical (unpaired) electrons. The largest absolute Gasteiger partial charge is 0.496 e. The maximum absolute atomic E-state index is 12.5. The fraction of sp³-hybridized carbons (Fsp3) is 0.364. The van der Waals surface area contributed by atoms with E-state index in [0.29, 0.717) is 37.5 Å². The quantitative estimate of drug-likeness (QED) is 0.697. The summed E-state index contributed by atoms with van der Waals surface area (Å²) in [7, 11) is 3.20.